The van der Waals surface area contributed by atoms with Crippen molar-refractivity contribution in [1.29, 1.82) is 0 Å². The van der Waals surface area contributed by atoms with E-state index in [0.717, 1.165) is 42.0 Å². The number of benzene rings is 1. The molecule has 23 heavy (non-hydrogen) atoms. The van der Waals surface area contributed by atoms with Gasteiger partial charge < -0.3 is 15.0 Å². The first-order valence-electron chi connectivity index (χ1n) is 8.18. The fraction of sp³-hybridized carbons (Fsp3) is 0.529. The van der Waals surface area contributed by atoms with Crippen LogP contribution < -0.4 is 10.1 Å². The average Bonchev–Trinajstić information content (AvgIpc) is 2.84. The molecule has 0 radical (unpaired) electrons. The predicted molar refractivity (Wildman–Crippen MR) is 89.4 cm³/mol. The minimum absolute atomic E-state index is 0.0260. The lowest BCUT2D eigenvalue weighted by Crippen LogP contribution is -2.44. The minimum atomic E-state index is -0.0260. The van der Waals surface area contributed by atoms with Crippen LogP contribution in [0.15, 0.2) is 18.2 Å². The summed E-state index contributed by atoms with van der Waals surface area (Å²) in [4.78, 5) is 22.3. The van der Waals surface area contributed by atoms with Gasteiger partial charge in [-0.1, -0.05) is 12.8 Å². The van der Waals surface area contributed by atoms with Crippen molar-refractivity contribution in [2.75, 3.05) is 20.7 Å². The van der Waals surface area contributed by atoms with E-state index in [4.69, 9.17) is 4.74 Å². The van der Waals surface area contributed by atoms with E-state index in [1.165, 1.54) is 12.8 Å². The van der Waals surface area contributed by atoms with E-state index in [9.17, 15) is 4.79 Å². The molecule has 0 saturated carbocycles. The van der Waals surface area contributed by atoms with Crippen LogP contribution in [0.5, 0.6) is 5.75 Å². The van der Waals surface area contributed by atoms with Gasteiger partial charge in [-0.15, -0.1) is 0 Å². The molecule has 1 amide bonds. The molecule has 2 aromatic rings. The topological polar surface area (TPSA) is 70.2 Å². The Morgan fingerprint density at radius 3 is 3.13 bits per heavy atom. The molecule has 2 heterocycles. The number of aromatic nitrogens is 2. The number of hydrogen-bond acceptors (Lipinski definition) is 4. The normalized spacial score (nSPS) is 19.5. The van der Waals surface area contributed by atoms with Crippen molar-refractivity contribution in [2.45, 2.75) is 38.3 Å². The minimum Gasteiger partial charge on any atom is -0.497 e. The number of likely N-dealkylation sites (tertiary alicyclic amines) is 1. The number of fused-ring (bicyclic) bond motifs is 1. The molecule has 1 aliphatic heterocycles. The molecule has 1 aromatic carbocycles. The number of amides is 1. The molecule has 6 heteroatoms. The molecular formula is C17H24N4O2. The lowest BCUT2D eigenvalue weighted by atomic mass is 10.1. The van der Waals surface area contributed by atoms with Crippen LogP contribution in [0.4, 0.5) is 0 Å². The lowest BCUT2D eigenvalue weighted by molar-refractivity contribution is -0.126. The number of imidazole rings is 1. The Bertz CT molecular complexity index is 682. The van der Waals surface area contributed by atoms with Crippen molar-refractivity contribution in [3.63, 3.8) is 0 Å². The van der Waals surface area contributed by atoms with Gasteiger partial charge in [0.05, 0.1) is 30.7 Å². The fourth-order valence-electron chi connectivity index (χ4n) is 3.12. The zero-order valence-corrected chi connectivity index (χ0v) is 13.8. The summed E-state index contributed by atoms with van der Waals surface area (Å²) in [5, 5.41) is 3.01. The lowest BCUT2D eigenvalue weighted by Gasteiger charge is -2.24. The van der Waals surface area contributed by atoms with Gasteiger partial charge in [0.15, 0.2) is 0 Å². The second kappa shape index (κ2) is 7.00. The molecular weight excluding hydrogens is 292 g/mol. The highest BCUT2D eigenvalue weighted by atomic mass is 16.5. The average molecular weight is 316 g/mol. The monoisotopic (exact) mass is 316 g/mol. The first kappa shape index (κ1) is 15.8. The molecule has 6 nitrogen and oxygen atoms in total. The third kappa shape index (κ3) is 3.64. The number of rotatable bonds is 4. The van der Waals surface area contributed by atoms with Crippen LogP contribution >= 0.6 is 0 Å². The molecule has 1 unspecified atom stereocenters. The molecule has 0 aliphatic carbocycles. The summed E-state index contributed by atoms with van der Waals surface area (Å²) in [5.74, 6) is 1.64. The third-order valence-corrected chi connectivity index (χ3v) is 4.49. The molecule has 1 fully saturated rings. The molecule has 1 aromatic heterocycles. The quantitative estimate of drug-likeness (QED) is 0.906. The summed E-state index contributed by atoms with van der Waals surface area (Å²) in [6.45, 7) is 1.41. The molecule has 124 valence electrons. The highest BCUT2D eigenvalue weighted by molar-refractivity contribution is 5.82. The first-order chi connectivity index (χ1) is 11.2. The fourth-order valence-corrected chi connectivity index (χ4v) is 3.12. The highest BCUT2D eigenvalue weighted by Crippen LogP contribution is 2.19. The second-order valence-electron chi connectivity index (χ2n) is 6.13. The number of hydrogen-bond donors (Lipinski definition) is 2. The Hall–Kier alpha value is -2.08. The number of methoxy groups -OCH3 is 1. The van der Waals surface area contributed by atoms with Gasteiger partial charge in [0.25, 0.3) is 0 Å². The summed E-state index contributed by atoms with van der Waals surface area (Å²) < 4.78 is 5.21. The van der Waals surface area contributed by atoms with Gasteiger partial charge in [0.2, 0.25) is 5.91 Å². The number of likely N-dealkylation sites (N-methyl/N-ethyl adjacent to an activating group) is 1. The number of nitrogens with zero attached hydrogens (tertiary/aromatic N) is 2. The Balaban J connectivity index is 1.64. The SMILES string of the molecule is COc1ccc2nc(CNC(=O)C3CCCCCN3C)[nH]c2c1. The standard InChI is InChI=1S/C17H24N4O2/c1-21-9-5-3-4-6-15(21)17(22)18-11-16-19-13-8-7-12(23-2)10-14(13)20-16/h7-8,10,15H,3-6,9,11H2,1-2H3,(H,18,22)(H,19,20). The van der Waals surface area contributed by atoms with E-state index >= 15 is 0 Å². The predicted octanol–water partition coefficient (Wildman–Crippen LogP) is 2.06. The van der Waals surface area contributed by atoms with E-state index < -0.39 is 0 Å². The van der Waals surface area contributed by atoms with E-state index in [0.29, 0.717) is 6.54 Å². The van der Waals surface area contributed by atoms with Crippen molar-refractivity contribution in [1.82, 2.24) is 20.2 Å². The second-order valence-corrected chi connectivity index (χ2v) is 6.13. The molecule has 2 N–H and O–H groups in total. The largest absolute Gasteiger partial charge is 0.497 e. The summed E-state index contributed by atoms with van der Waals surface area (Å²) >= 11 is 0. The Kier molecular flexibility index (Phi) is 4.81. The number of H-pyrrole nitrogens is 1. The van der Waals surface area contributed by atoms with Crippen LogP contribution in [0.2, 0.25) is 0 Å². The van der Waals surface area contributed by atoms with E-state index in [1.54, 1.807) is 7.11 Å². The van der Waals surface area contributed by atoms with Gasteiger partial charge in [-0.25, -0.2) is 4.98 Å². The highest BCUT2D eigenvalue weighted by Gasteiger charge is 2.24. The van der Waals surface area contributed by atoms with Gasteiger partial charge >= 0.3 is 0 Å². The van der Waals surface area contributed by atoms with Gasteiger partial charge in [-0.3, -0.25) is 9.69 Å². The molecule has 0 spiro atoms. The van der Waals surface area contributed by atoms with Crippen LogP contribution in [0.25, 0.3) is 11.0 Å². The van der Waals surface area contributed by atoms with Crippen molar-refractivity contribution in [3.05, 3.63) is 24.0 Å². The first-order valence-corrected chi connectivity index (χ1v) is 8.18. The number of nitrogens with one attached hydrogen (secondary N) is 2. The van der Waals surface area contributed by atoms with Crippen LogP contribution in [0, 0.1) is 0 Å². The number of carbonyl (C=O) groups is 1. The molecule has 0 bridgehead atoms. The van der Waals surface area contributed by atoms with E-state index in [1.807, 2.05) is 25.2 Å². The number of carbonyl (C=O) groups excluding carboxylic acids is 1. The number of aromatic amines is 1. The molecule has 1 atom stereocenters. The van der Waals surface area contributed by atoms with Crippen molar-refractivity contribution in [3.8, 4) is 5.75 Å². The Morgan fingerprint density at radius 2 is 2.30 bits per heavy atom. The zero-order valence-electron chi connectivity index (χ0n) is 13.8. The summed E-state index contributed by atoms with van der Waals surface area (Å²) in [7, 11) is 3.67. The maximum absolute atomic E-state index is 12.4. The van der Waals surface area contributed by atoms with Gasteiger partial charge in [-0.2, -0.15) is 0 Å². The van der Waals surface area contributed by atoms with Crippen molar-refractivity contribution < 1.29 is 9.53 Å². The molecule has 3 rings (SSSR count). The summed E-state index contributed by atoms with van der Waals surface area (Å²) in [5.41, 5.74) is 1.79. The molecule has 1 saturated heterocycles. The van der Waals surface area contributed by atoms with Crippen LogP contribution in [-0.2, 0) is 11.3 Å². The van der Waals surface area contributed by atoms with E-state index in [2.05, 4.69) is 20.2 Å². The van der Waals surface area contributed by atoms with Crippen LogP contribution in [-0.4, -0.2) is 47.5 Å². The van der Waals surface area contributed by atoms with Crippen molar-refractivity contribution in [2.24, 2.45) is 0 Å². The Morgan fingerprint density at radius 1 is 1.43 bits per heavy atom. The maximum Gasteiger partial charge on any atom is 0.237 e. The summed E-state index contributed by atoms with van der Waals surface area (Å²) in [6.07, 6.45) is 4.43. The van der Waals surface area contributed by atoms with Crippen LogP contribution in [0.3, 0.4) is 0 Å². The van der Waals surface area contributed by atoms with Gasteiger partial charge in [-0.05, 0) is 38.6 Å². The summed E-state index contributed by atoms with van der Waals surface area (Å²) in [6, 6.07) is 5.68. The van der Waals surface area contributed by atoms with Gasteiger partial charge in [0, 0.05) is 6.07 Å². The molecule has 1 aliphatic rings. The number of ether oxygens (including phenoxy) is 1. The van der Waals surface area contributed by atoms with E-state index in [-0.39, 0.29) is 11.9 Å². The van der Waals surface area contributed by atoms with Gasteiger partial charge in [0.1, 0.15) is 11.6 Å². The van der Waals surface area contributed by atoms with Crippen molar-refractivity contribution >= 4 is 16.9 Å². The van der Waals surface area contributed by atoms with Crippen LogP contribution in [0.1, 0.15) is 31.5 Å². The third-order valence-electron chi connectivity index (χ3n) is 4.49. The Labute approximate surface area is 136 Å². The maximum atomic E-state index is 12.4. The zero-order chi connectivity index (χ0) is 16.2. The smallest absolute Gasteiger partial charge is 0.237 e.